The van der Waals surface area contributed by atoms with E-state index < -0.39 is 0 Å². The lowest BCUT2D eigenvalue weighted by atomic mass is 10.1. The van der Waals surface area contributed by atoms with Crippen LogP contribution in [0.1, 0.15) is 5.56 Å². The molecular weight excluding hydrogens is 404 g/mol. The summed E-state index contributed by atoms with van der Waals surface area (Å²) in [5, 5.41) is 6.66. The normalized spacial score (nSPS) is 10.9. The summed E-state index contributed by atoms with van der Waals surface area (Å²) in [6.07, 6.45) is 7.80. The summed E-state index contributed by atoms with van der Waals surface area (Å²) in [6.45, 7) is 0.732. The van der Waals surface area contributed by atoms with E-state index in [-0.39, 0.29) is 0 Å². The van der Waals surface area contributed by atoms with Gasteiger partial charge in [-0.15, -0.1) is 0 Å². The number of imidazole rings is 2. The summed E-state index contributed by atoms with van der Waals surface area (Å²) in [5.74, 6) is 2.18. The van der Waals surface area contributed by atoms with Crippen molar-refractivity contribution in [2.75, 3.05) is 24.3 Å². The van der Waals surface area contributed by atoms with E-state index in [1.807, 2.05) is 47.2 Å². The van der Waals surface area contributed by atoms with Gasteiger partial charge in [0.15, 0.2) is 11.5 Å². The van der Waals surface area contributed by atoms with Gasteiger partial charge in [-0.05, 0) is 48.4 Å². The number of benzene rings is 2. The van der Waals surface area contributed by atoms with Crippen LogP contribution in [0.2, 0.25) is 0 Å². The first-order valence-corrected chi connectivity index (χ1v) is 10.2. The SMILES string of the molecule is COc1ccc(CCNc2ncnc3nc(Nc4ccc(-n5ccnc5)cc4)[nH]c23)cc1. The molecule has 0 saturated carbocycles. The molecule has 5 aromatic rings. The maximum absolute atomic E-state index is 5.21. The van der Waals surface area contributed by atoms with Crippen molar-refractivity contribution in [3.05, 3.63) is 79.1 Å². The van der Waals surface area contributed by atoms with Crippen LogP contribution in [0.25, 0.3) is 16.9 Å². The van der Waals surface area contributed by atoms with Gasteiger partial charge in [0.1, 0.15) is 17.6 Å². The van der Waals surface area contributed by atoms with Gasteiger partial charge in [0.25, 0.3) is 0 Å². The van der Waals surface area contributed by atoms with Gasteiger partial charge in [-0.2, -0.15) is 4.98 Å². The van der Waals surface area contributed by atoms with Crippen molar-refractivity contribution in [3.8, 4) is 11.4 Å². The molecule has 160 valence electrons. The smallest absolute Gasteiger partial charge is 0.207 e. The topological polar surface area (TPSA) is 106 Å². The molecule has 0 aliphatic rings. The highest BCUT2D eigenvalue weighted by Gasteiger charge is 2.10. The molecule has 3 heterocycles. The fraction of sp³-hybridized carbons (Fsp3) is 0.130. The van der Waals surface area contributed by atoms with E-state index in [0.29, 0.717) is 11.6 Å². The molecule has 3 N–H and O–H groups in total. The van der Waals surface area contributed by atoms with Crippen LogP contribution in [0.4, 0.5) is 17.5 Å². The van der Waals surface area contributed by atoms with Crippen LogP contribution < -0.4 is 15.4 Å². The fourth-order valence-electron chi connectivity index (χ4n) is 3.40. The maximum atomic E-state index is 5.21. The average Bonchev–Trinajstić information content (AvgIpc) is 3.50. The summed E-state index contributed by atoms with van der Waals surface area (Å²) < 4.78 is 7.15. The van der Waals surface area contributed by atoms with Gasteiger partial charge in [-0.1, -0.05) is 12.1 Å². The number of hydrogen-bond donors (Lipinski definition) is 3. The van der Waals surface area contributed by atoms with Crippen LogP contribution >= 0.6 is 0 Å². The van der Waals surface area contributed by atoms with E-state index in [9.17, 15) is 0 Å². The number of anilines is 3. The van der Waals surface area contributed by atoms with E-state index in [0.717, 1.165) is 41.4 Å². The number of fused-ring (bicyclic) bond motifs is 1. The molecule has 2 aromatic carbocycles. The lowest BCUT2D eigenvalue weighted by Gasteiger charge is -2.07. The maximum Gasteiger partial charge on any atom is 0.207 e. The zero-order valence-electron chi connectivity index (χ0n) is 17.5. The van der Waals surface area contributed by atoms with Crippen molar-refractivity contribution < 1.29 is 4.74 Å². The molecule has 0 bridgehead atoms. The van der Waals surface area contributed by atoms with Gasteiger partial charge in [-0.3, -0.25) is 0 Å². The second-order valence-corrected chi connectivity index (χ2v) is 7.17. The minimum atomic E-state index is 0.601. The second kappa shape index (κ2) is 8.76. The first-order chi connectivity index (χ1) is 15.8. The Bertz CT molecular complexity index is 1290. The summed E-state index contributed by atoms with van der Waals surface area (Å²) >= 11 is 0. The average molecular weight is 426 g/mol. The Labute approximate surface area is 184 Å². The molecule has 0 atom stereocenters. The molecule has 0 radical (unpaired) electrons. The summed E-state index contributed by atoms with van der Waals surface area (Å²) in [6, 6.07) is 16.1. The molecule has 0 aliphatic carbocycles. The van der Waals surface area contributed by atoms with E-state index in [4.69, 9.17) is 4.74 Å². The molecule has 0 spiro atoms. The van der Waals surface area contributed by atoms with Crippen molar-refractivity contribution in [1.29, 1.82) is 0 Å². The third-order valence-corrected chi connectivity index (χ3v) is 5.09. The van der Waals surface area contributed by atoms with Crippen molar-refractivity contribution in [3.63, 3.8) is 0 Å². The van der Waals surface area contributed by atoms with E-state index in [2.05, 4.69) is 47.7 Å². The third kappa shape index (κ3) is 4.22. The zero-order chi connectivity index (χ0) is 21.8. The van der Waals surface area contributed by atoms with E-state index in [1.165, 1.54) is 11.9 Å². The highest BCUT2D eigenvalue weighted by atomic mass is 16.5. The van der Waals surface area contributed by atoms with Crippen molar-refractivity contribution in [2.45, 2.75) is 6.42 Å². The second-order valence-electron chi connectivity index (χ2n) is 7.17. The Morgan fingerprint density at radius 3 is 2.62 bits per heavy atom. The summed E-state index contributed by atoms with van der Waals surface area (Å²) in [4.78, 5) is 20.5. The summed E-state index contributed by atoms with van der Waals surface area (Å²) in [7, 11) is 1.67. The molecule has 0 saturated heterocycles. The van der Waals surface area contributed by atoms with Gasteiger partial charge in [-0.25, -0.2) is 15.0 Å². The molecule has 0 unspecified atom stereocenters. The molecule has 0 amide bonds. The number of nitrogens with one attached hydrogen (secondary N) is 3. The number of H-pyrrole nitrogens is 1. The van der Waals surface area contributed by atoms with Crippen LogP contribution in [0, 0.1) is 0 Å². The van der Waals surface area contributed by atoms with Crippen LogP contribution in [0.3, 0.4) is 0 Å². The van der Waals surface area contributed by atoms with Gasteiger partial charge in [0, 0.05) is 30.3 Å². The Morgan fingerprint density at radius 2 is 1.88 bits per heavy atom. The van der Waals surface area contributed by atoms with Crippen molar-refractivity contribution in [2.24, 2.45) is 0 Å². The Hall–Kier alpha value is -4.40. The highest BCUT2D eigenvalue weighted by molar-refractivity contribution is 5.84. The van der Waals surface area contributed by atoms with Crippen LogP contribution in [-0.2, 0) is 6.42 Å². The number of nitrogens with zero attached hydrogens (tertiary/aromatic N) is 5. The number of aromatic nitrogens is 6. The molecule has 5 rings (SSSR count). The van der Waals surface area contributed by atoms with Gasteiger partial charge in [0.2, 0.25) is 5.95 Å². The van der Waals surface area contributed by atoms with E-state index >= 15 is 0 Å². The molecule has 3 aromatic heterocycles. The third-order valence-electron chi connectivity index (χ3n) is 5.09. The molecule has 9 nitrogen and oxygen atoms in total. The molecular formula is C23H22N8O. The number of hydrogen-bond acceptors (Lipinski definition) is 7. The number of aromatic amines is 1. The van der Waals surface area contributed by atoms with E-state index in [1.54, 1.807) is 19.6 Å². The number of methoxy groups -OCH3 is 1. The van der Waals surface area contributed by atoms with Crippen LogP contribution in [-0.4, -0.2) is 43.1 Å². The van der Waals surface area contributed by atoms with Crippen LogP contribution in [0.5, 0.6) is 5.75 Å². The molecule has 32 heavy (non-hydrogen) atoms. The first kappa shape index (κ1) is 19.6. The number of rotatable bonds is 8. The lowest BCUT2D eigenvalue weighted by Crippen LogP contribution is -2.07. The van der Waals surface area contributed by atoms with Crippen molar-refractivity contribution >= 4 is 28.6 Å². The fourth-order valence-corrected chi connectivity index (χ4v) is 3.40. The lowest BCUT2D eigenvalue weighted by molar-refractivity contribution is 0.414. The minimum Gasteiger partial charge on any atom is -0.497 e. The molecule has 9 heteroatoms. The minimum absolute atomic E-state index is 0.601. The van der Waals surface area contributed by atoms with Crippen molar-refractivity contribution in [1.82, 2.24) is 29.5 Å². The zero-order valence-corrected chi connectivity index (χ0v) is 17.5. The largest absolute Gasteiger partial charge is 0.497 e. The first-order valence-electron chi connectivity index (χ1n) is 10.2. The standard InChI is InChI=1S/C23H22N8O/c1-32-19-8-2-16(3-9-19)10-11-25-21-20-22(27-14-26-21)30-23(29-20)28-17-4-6-18(7-5-17)31-13-12-24-15-31/h2-9,12-15H,10-11H2,1H3,(H3,25,26,27,28,29,30). The van der Waals surface area contributed by atoms with Crippen LogP contribution in [0.15, 0.2) is 73.6 Å². The molecule has 0 fully saturated rings. The van der Waals surface area contributed by atoms with Gasteiger partial charge < -0.3 is 24.9 Å². The molecule has 0 aliphatic heterocycles. The monoisotopic (exact) mass is 426 g/mol. The number of ether oxygens (including phenoxy) is 1. The highest BCUT2D eigenvalue weighted by Crippen LogP contribution is 2.22. The Morgan fingerprint density at radius 1 is 1.03 bits per heavy atom. The Balaban J connectivity index is 1.26. The predicted octanol–water partition coefficient (Wildman–Crippen LogP) is 3.95. The Kier molecular flexibility index (Phi) is 5.36. The van der Waals surface area contributed by atoms with Gasteiger partial charge in [0.05, 0.1) is 13.4 Å². The van der Waals surface area contributed by atoms with Gasteiger partial charge >= 0.3 is 0 Å². The predicted molar refractivity (Wildman–Crippen MR) is 124 cm³/mol. The summed E-state index contributed by atoms with van der Waals surface area (Å²) in [5.41, 5.74) is 4.53. The quantitative estimate of drug-likeness (QED) is 0.345.